The summed E-state index contributed by atoms with van der Waals surface area (Å²) in [6, 6.07) is 0. The molecule has 1 N–H and O–H groups in total. The quantitative estimate of drug-likeness (QED) is 0.467. The van der Waals surface area contributed by atoms with Gasteiger partial charge in [0.1, 0.15) is 0 Å². The second kappa shape index (κ2) is 7.68. The van der Waals surface area contributed by atoms with E-state index in [-0.39, 0.29) is 0 Å². The molecular formula is C28H48O. The van der Waals surface area contributed by atoms with Crippen molar-refractivity contribution in [2.24, 2.45) is 46.3 Å². The molecule has 3 fully saturated rings. The first kappa shape index (κ1) is 21.9. The molecule has 0 aromatic carbocycles. The lowest BCUT2D eigenvalue weighted by molar-refractivity contribution is -0.0705. The monoisotopic (exact) mass is 400 g/mol. The summed E-state index contributed by atoms with van der Waals surface area (Å²) in [5, 5.41) is 10.7. The highest BCUT2D eigenvalue weighted by Crippen LogP contribution is 2.67. The number of allylic oxidation sites excluding steroid dienone is 1. The molecule has 29 heavy (non-hydrogen) atoms. The maximum atomic E-state index is 10.7. The Morgan fingerprint density at radius 1 is 0.966 bits per heavy atom. The molecule has 166 valence electrons. The summed E-state index contributed by atoms with van der Waals surface area (Å²) in [4.78, 5) is 0. The number of hydrogen-bond acceptors (Lipinski definition) is 1. The van der Waals surface area contributed by atoms with Crippen LogP contribution in [0.3, 0.4) is 0 Å². The van der Waals surface area contributed by atoms with Gasteiger partial charge < -0.3 is 5.11 Å². The van der Waals surface area contributed by atoms with Crippen LogP contribution in [0.1, 0.15) is 112 Å². The largest absolute Gasteiger partial charge is 0.390 e. The molecule has 0 aromatic heterocycles. The predicted molar refractivity (Wildman–Crippen MR) is 124 cm³/mol. The fourth-order valence-electron chi connectivity index (χ4n) is 8.83. The van der Waals surface area contributed by atoms with E-state index in [2.05, 4.69) is 47.6 Å². The fraction of sp³-hybridized carbons (Fsp3) is 0.929. The molecule has 8 atom stereocenters. The van der Waals surface area contributed by atoms with Gasteiger partial charge in [0.2, 0.25) is 0 Å². The lowest BCUT2D eigenvalue weighted by Crippen LogP contribution is -2.52. The average molecular weight is 401 g/mol. The van der Waals surface area contributed by atoms with E-state index in [1.165, 1.54) is 57.8 Å². The van der Waals surface area contributed by atoms with Crippen molar-refractivity contribution in [3.8, 4) is 0 Å². The Morgan fingerprint density at radius 3 is 2.45 bits per heavy atom. The van der Waals surface area contributed by atoms with Crippen molar-refractivity contribution < 1.29 is 5.11 Å². The van der Waals surface area contributed by atoms with Crippen molar-refractivity contribution in [1.82, 2.24) is 0 Å². The minimum absolute atomic E-state index is 0.369. The Bertz CT molecular complexity index is 630. The van der Waals surface area contributed by atoms with Crippen LogP contribution in [0.4, 0.5) is 0 Å². The van der Waals surface area contributed by atoms with E-state index >= 15 is 0 Å². The molecule has 1 heteroatoms. The Kier molecular flexibility index (Phi) is 5.81. The van der Waals surface area contributed by atoms with Crippen molar-refractivity contribution in [3.63, 3.8) is 0 Å². The zero-order valence-corrected chi connectivity index (χ0v) is 20.3. The zero-order chi connectivity index (χ0) is 21.0. The van der Waals surface area contributed by atoms with E-state index in [0.29, 0.717) is 10.8 Å². The van der Waals surface area contributed by atoms with Gasteiger partial charge >= 0.3 is 0 Å². The van der Waals surface area contributed by atoms with Crippen molar-refractivity contribution in [2.75, 3.05) is 0 Å². The highest BCUT2D eigenvalue weighted by molar-refractivity contribution is 5.26. The Morgan fingerprint density at radius 2 is 1.72 bits per heavy atom. The van der Waals surface area contributed by atoms with E-state index in [4.69, 9.17) is 0 Å². The molecule has 0 saturated heterocycles. The first-order chi connectivity index (χ1) is 13.6. The molecule has 4 rings (SSSR count). The Labute approximate surface area is 181 Å². The molecule has 0 radical (unpaired) electrons. The zero-order valence-electron chi connectivity index (χ0n) is 20.3. The van der Waals surface area contributed by atoms with Crippen LogP contribution in [0, 0.1) is 46.3 Å². The van der Waals surface area contributed by atoms with Crippen LogP contribution in [0.15, 0.2) is 11.6 Å². The van der Waals surface area contributed by atoms with E-state index in [9.17, 15) is 5.11 Å². The molecule has 0 spiro atoms. The Balaban J connectivity index is 1.50. The lowest BCUT2D eigenvalue weighted by atomic mass is 9.46. The molecule has 0 heterocycles. The van der Waals surface area contributed by atoms with Crippen LogP contribution in [-0.2, 0) is 0 Å². The summed E-state index contributed by atoms with van der Waals surface area (Å²) < 4.78 is 0. The molecule has 6 unspecified atom stereocenters. The summed E-state index contributed by atoms with van der Waals surface area (Å²) in [5.74, 6) is 5.41. The summed E-state index contributed by atoms with van der Waals surface area (Å²) in [6.45, 7) is 14.6. The maximum Gasteiger partial charge on any atom is 0.0657 e. The van der Waals surface area contributed by atoms with Gasteiger partial charge in [0, 0.05) is 0 Å². The topological polar surface area (TPSA) is 20.2 Å². The highest BCUT2D eigenvalue weighted by Gasteiger charge is 2.59. The normalized spacial score (nSPS) is 47.9. The molecule has 1 nitrogen and oxygen atoms in total. The summed E-state index contributed by atoms with van der Waals surface area (Å²) in [7, 11) is 0. The molecule has 0 aromatic rings. The van der Waals surface area contributed by atoms with Crippen molar-refractivity contribution in [2.45, 2.75) is 118 Å². The van der Waals surface area contributed by atoms with E-state index in [1.807, 2.05) is 0 Å². The molecule has 4 aliphatic rings. The van der Waals surface area contributed by atoms with Gasteiger partial charge in [-0.25, -0.2) is 0 Å². The smallest absolute Gasteiger partial charge is 0.0657 e. The van der Waals surface area contributed by atoms with Gasteiger partial charge in [0.25, 0.3) is 0 Å². The number of fused-ring (bicyclic) bond motifs is 5. The molecule has 0 amide bonds. The molecular weight excluding hydrogens is 352 g/mol. The van der Waals surface area contributed by atoms with Crippen LogP contribution < -0.4 is 0 Å². The maximum absolute atomic E-state index is 10.7. The van der Waals surface area contributed by atoms with Gasteiger partial charge in [-0.15, -0.1) is 0 Å². The van der Waals surface area contributed by atoms with Crippen molar-refractivity contribution in [3.05, 3.63) is 11.6 Å². The SMILES string of the molecule is CC(C)CCC[C@@H](C)C1CCC2C3CC=C4C[C@@](C)(O)CCC4(C)C3CCC21C. The summed E-state index contributed by atoms with van der Waals surface area (Å²) >= 11 is 0. The molecule has 0 aliphatic heterocycles. The van der Waals surface area contributed by atoms with Gasteiger partial charge in [0.05, 0.1) is 5.60 Å². The number of aliphatic hydroxyl groups is 1. The summed E-state index contributed by atoms with van der Waals surface area (Å²) in [5.41, 5.74) is 2.09. The fourth-order valence-corrected chi connectivity index (χ4v) is 8.83. The third-order valence-electron chi connectivity index (χ3n) is 10.6. The van der Waals surface area contributed by atoms with E-state index < -0.39 is 5.60 Å². The predicted octanol–water partition coefficient (Wildman–Crippen LogP) is 7.78. The molecule has 0 bridgehead atoms. The standard InChI is InChI=1S/C28H48O/c1-19(2)8-7-9-20(3)23-12-13-24-22-11-10-21-18-26(4,29)16-17-27(21,5)25(22)14-15-28(23,24)6/h10,19-20,22-25,29H,7-9,11-18H2,1-6H3/t20-,22?,23?,24?,25?,26+,27?,28?/m1/s1. The third-order valence-corrected chi connectivity index (χ3v) is 10.6. The minimum Gasteiger partial charge on any atom is -0.390 e. The molecule has 3 saturated carbocycles. The van der Waals surface area contributed by atoms with Gasteiger partial charge in [-0.3, -0.25) is 0 Å². The van der Waals surface area contributed by atoms with Crippen LogP contribution in [-0.4, -0.2) is 10.7 Å². The van der Waals surface area contributed by atoms with Gasteiger partial charge in [-0.2, -0.15) is 0 Å². The first-order valence-corrected chi connectivity index (χ1v) is 13.0. The van der Waals surface area contributed by atoms with Gasteiger partial charge in [0.15, 0.2) is 0 Å². The number of hydrogen-bond donors (Lipinski definition) is 1. The minimum atomic E-state index is -0.467. The van der Waals surface area contributed by atoms with Gasteiger partial charge in [-0.05, 0) is 105 Å². The Hall–Kier alpha value is -0.300. The van der Waals surface area contributed by atoms with Crippen LogP contribution in [0.2, 0.25) is 0 Å². The third kappa shape index (κ3) is 3.77. The second-order valence-corrected chi connectivity index (χ2v) is 13.0. The van der Waals surface area contributed by atoms with Crippen LogP contribution >= 0.6 is 0 Å². The second-order valence-electron chi connectivity index (χ2n) is 13.0. The molecule has 4 aliphatic carbocycles. The average Bonchev–Trinajstić information content (AvgIpc) is 2.99. The first-order valence-electron chi connectivity index (χ1n) is 13.0. The van der Waals surface area contributed by atoms with Crippen LogP contribution in [0.25, 0.3) is 0 Å². The van der Waals surface area contributed by atoms with Crippen molar-refractivity contribution >= 4 is 0 Å². The van der Waals surface area contributed by atoms with Crippen LogP contribution in [0.5, 0.6) is 0 Å². The lowest BCUT2D eigenvalue weighted by Gasteiger charge is -2.59. The van der Waals surface area contributed by atoms with E-state index in [1.54, 1.807) is 5.57 Å². The van der Waals surface area contributed by atoms with Crippen molar-refractivity contribution in [1.29, 1.82) is 0 Å². The highest BCUT2D eigenvalue weighted by atomic mass is 16.3. The number of rotatable bonds is 5. The van der Waals surface area contributed by atoms with E-state index in [0.717, 1.165) is 48.3 Å². The van der Waals surface area contributed by atoms with Gasteiger partial charge in [-0.1, -0.05) is 65.5 Å². The summed E-state index contributed by atoms with van der Waals surface area (Å²) in [6.07, 6.45) is 17.1.